The Morgan fingerprint density at radius 2 is 1.10 bits per heavy atom. The molecule has 0 saturated heterocycles. The molecule has 0 aromatic carbocycles. The molecule has 1 nitrogen and oxygen atoms in total. The molecule has 0 fully saturated rings. The van der Waals surface area contributed by atoms with Crippen molar-refractivity contribution in [2.45, 2.75) is 90.4 Å². The zero-order valence-corrected chi connectivity index (χ0v) is 15.3. The summed E-state index contributed by atoms with van der Waals surface area (Å²) in [5.74, 6) is 0. The molecule has 0 aliphatic carbocycles. The summed E-state index contributed by atoms with van der Waals surface area (Å²) in [7, 11) is 4.70. The molecular weight excluding hydrogens is 254 g/mol. The number of rotatable bonds is 16. The largest absolute Gasteiger partial charge is 0.328 e. The minimum absolute atomic E-state index is 1.14. The van der Waals surface area contributed by atoms with Crippen LogP contribution >= 0.6 is 0 Å². The van der Waals surface area contributed by atoms with E-state index in [4.69, 9.17) is 0 Å². The van der Waals surface area contributed by atoms with Crippen molar-refractivity contribution in [3.05, 3.63) is 12.7 Å². The van der Waals surface area contributed by atoms with Crippen LogP contribution in [-0.2, 0) is 0 Å². The van der Waals surface area contributed by atoms with Gasteiger partial charge in [-0.2, -0.15) is 0 Å². The number of quaternary nitrogens is 1. The maximum atomic E-state index is 3.82. The Morgan fingerprint density at radius 1 is 0.667 bits per heavy atom. The highest BCUT2D eigenvalue weighted by molar-refractivity contribution is 4.64. The summed E-state index contributed by atoms with van der Waals surface area (Å²) in [6.45, 7) is 8.67. The maximum absolute atomic E-state index is 3.82. The van der Waals surface area contributed by atoms with Crippen molar-refractivity contribution in [2.75, 3.05) is 27.2 Å². The molecule has 21 heavy (non-hydrogen) atoms. The minimum Gasteiger partial charge on any atom is -0.328 e. The molecule has 126 valence electrons. The first-order valence-corrected chi connectivity index (χ1v) is 9.55. The van der Waals surface area contributed by atoms with Gasteiger partial charge >= 0.3 is 0 Å². The molecule has 0 bridgehead atoms. The Bertz CT molecular complexity index is 220. The SMILES string of the molecule is C=CCC[N+](C)(C)CCCCCCCCCCCCCC. The second-order valence-electron chi connectivity index (χ2n) is 7.35. The molecule has 0 heterocycles. The quantitative estimate of drug-likeness (QED) is 0.177. The summed E-state index contributed by atoms with van der Waals surface area (Å²) in [5, 5.41) is 0. The van der Waals surface area contributed by atoms with Crippen molar-refractivity contribution in [3.63, 3.8) is 0 Å². The molecule has 0 unspecified atom stereocenters. The predicted molar refractivity (Wildman–Crippen MR) is 97.7 cm³/mol. The molecule has 0 amide bonds. The Hall–Kier alpha value is -0.300. The molecule has 0 aliphatic rings. The van der Waals surface area contributed by atoms with Gasteiger partial charge in [0.15, 0.2) is 0 Å². The van der Waals surface area contributed by atoms with Crippen LogP contribution in [0.3, 0.4) is 0 Å². The lowest BCUT2D eigenvalue weighted by Crippen LogP contribution is -2.40. The highest BCUT2D eigenvalue weighted by Gasteiger charge is 2.12. The molecule has 0 spiro atoms. The van der Waals surface area contributed by atoms with E-state index in [1.807, 2.05) is 6.08 Å². The van der Waals surface area contributed by atoms with Crippen LogP contribution in [0.4, 0.5) is 0 Å². The maximum Gasteiger partial charge on any atom is 0.0817 e. The molecular formula is C20H42N+. The molecule has 0 saturated carbocycles. The zero-order valence-electron chi connectivity index (χ0n) is 15.3. The lowest BCUT2D eigenvalue weighted by atomic mass is 10.1. The molecule has 1 heteroatoms. The van der Waals surface area contributed by atoms with E-state index in [-0.39, 0.29) is 0 Å². The van der Waals surface area contributed by atoms with E-state index >= 15 is 0 Å². The van der Waals surface area contributed by atoms with Gasteiger partial charge in [-0.25, -0.2) is 0 Å². The first-order chi connectivity index (χ1) is 10.1. The second kappa shape index (κ2) is 14.6. The summed E-state index contributed by atoms with van der Waals surface area (Å²) in [4.78, 5) is 0. The summed E-state index contributed by atoms with van der Waals surface area (Å²) < 4.78 is 1.16. The van der Waals surface area contributed by atoms with Crippen molar-refractivity contribution in [1.29, 1.82) is 0 Å². The van der Waals surface area contributed by atoms with E-state index in [0.717, 1.165) is 10.9 Å². The third-order valence-corrected chi connectivity index (χ3v) is 4.56. The lowest BCUT2D eigenvalue weighted by molar-refractivity contribution is -0.890. The van der Waals surface area contributed by atoms with Gasteiger partial charge in [-0.15, -0.1) is 6.58 Å². The van der Waals surface area contributed by atoms with Crippen LogP contribution in [0.1, 0.15) is 90.4 Å². The summed E-state index contributed by atoms with van der Waals surface area (Å²) in [6, 6.07) is 0. The average Bonchev–Trinajstić information content (AvgIpc) is 2.46. The van der Waals surface area contributed by atoms with Crippen molar-refractivity contribution >= 4 is 0 Å². The lowest BCUT2D eigenvalue weighted by Gasteiger charge is -2.29. The minimum atomic E-state index is 1.14. The van der Waals surface area contributed by atoms with Crippen molar-refractivity contribution < 1.29 is 4.48 Å². The van der Waals surface area contributed by atoms with Gasteiger partial charge < -0.3 is 4.48 Å². The highest BCUT2D eigenvalue weighted by Crippen LogP contribution is 2.12. The van der Waals surface area contributed by atoms with E-state index < -0.39 is 0 Å². The topological polar surface area (TPSA) is 0 Å². The second-order valence-corrected chi connectivity index (χ2v) is 7.35. The van der Waals surface area contributed by atoms with Gasteiger partial charge in [-0.05, 0) is 12.8 Å². The Kier molecular flexibility index (Phi) is 14.4. The number of hydrogen-bond donors (Lipinski definition) is 0. The van der Waals surface area contributed by atoms with E-state index in [1.54, 1.807) is 0 Å². The van der Waals surface area contributed by atoms with E-state index in [9.17, 15) is 0 Å². The third-order valence-electron chi connectivity index (χ3n) is 4.56. The van der Waals surface area contributed by atoms with Gasteiger partial charge in [0.2, 0.25) is 0 Å². The summed E-state index contributed by atoms with van der Waals surface area (Å²) >= 11 is 0. The van der Waals surface area contributed by atoms with Gasteiger partial charge in [0, 0.05) is 6.42 Å². The highest BCUT2D eigenvalue weighted by atomic mass is 15.3. The van der Waals surface area contributed by atoms with Gasteiger partial charge in [0.05, 0.1) is 27.2 Å². The van der Waals surface area contributed by atoms with Crippen LogP contribution in [0.25, 0.3) is 0 Å². The molecule has 0 aromatic rings. The fourth-order valence-corrected chi connectivity index (χ4v) is 2.93. The molecule has 0 atom stereocenters. The van der Waals surface area contributed by atoms with Gasteiger partial charge in [0.25, 0.3) is 0 Å². The van der Waals surface area contributed by atoms with Gasteiger partial charge in [0.1, 0.15) is 0 Å². The monoisotopic (exact) mass is 296 g/mol. The van der Waals surface area contributed by atoms with Crippen molar-refractivity contribution in [3.8, 4) is 0 Å². The number of hydrogen-bond acceptors (Lipinski definition) is 0. The van der Waals surface area contributed by atoms with Crippen LogP contribution in [0.5, 0.6) is 0 Å². The van der Waals surface area contributed by atoms with Crippen molar-refractivity contribution in [2.24, 2.45) is 0 Å². The fourth-order valence-electron chi connectivity index (χ4n) is 2.93. The first-order valence-electron chi connectivity index (χ1n) is 9.55. The van der Waals surface area contributed by atoms with Crippen LogP contribution < -0.4 is 0 Å². The predicted octanol–water partition coefficient (Wildman–Crippen LogP) is 6.34. The zero-order chi connectivity index (χ0) is 15.8. The molecule has 0 aromatic heterocycles. The fraction of sp³-hybridized carbons (Fsp3) is 0.900. The van der Waals surface area contributed by atoms with Crippen LogP contribution in [0.15, 0.2) is 12.7 Å². The standard InChI is InChI=1S/C20H42N/c1-5-7-9-10-11-12-13-14-15-16-17-18-20-21(3,4)19-8-6-2/h6H,2,5,7-20H2,1,3-4H3/q+1. The van der Waals surface area contributed by atoms with E-state index in [2.05, 4.69) is 27.6 Å². The van der Waals surface area contributed by atoms with Crippen LogP contribution in [0, 0.1) is 0 Å². The summed E-state index contributed by atoms with van der Waals surface area (Å²) in [6.07, 6.45) is 20.5. The Morgan fingerprint density at radius 3 is 1.52 bits per heavy atom. The Labute approximate surface area is 135 Å². The number of unbranched alkanes of at least 4 members (excludes halogenated alkanes) is 11. The van der Waals surface area contributed by atoms with Crippen LogP contribution in [-0.4, -0.2) is 31.7 Å². The average molecular weight is 297 g/mol. The normalized spacial score (nSPS) is 11.8. The van der Waals surface area contributed by atoms with E-state index in [1.165, 1.54) is 90.1 Å². The first kappa shape index (κ1) is 20.7. The van der Waals surface area contributed by atoms with Gasteiger partial charge in [-0.3, -0.25) is 0 Å². The molecule has 0 N–H and O–H groups in total. The third kappa shape index (κ3) is 15.9. The Balaban J connectivity index is 3.20. The molecule has 0 aliphatic heterocycles. The number of nitrogens with zero attached hydrogens (tertiary/aromatic N) is 1. The summed E-state index contributed by atoms with van der Waals surface area (Å²) in [5.41, 5.74) is 0. The van der Waals surface area contributed by atoms with Crippen molar-refractivity contribution in [1.82, 2.24) is 0 Å². The molecule has 0 rings (SSSR count). The van der Waals surface area contributed by atoms with Gasteiger partial charge in [-0.1, -0.05) is 77.2 Å². The molecule has 0 radical (unpaired) electrons. The smallest absolute Gasteiger partial charge is 0.0817 e. The van der Waals surface area contributed by atoms with Crippen LogP contribution in [0.2, 0.25) is 0 Å². The van der Waals surface area contributed by atoms with E-state index in [0.29, 0.717) is 0 Å².